The van der Waals surface area contributed by atoms with Crippen LogP contribution in [0.4, 0.5) is 0 Å². The van der Waals surface area contributed by atoms with Gasteiger partial charge in [0, 0.05) is 18.4 Å². The second-order valence-corrected chi connectivity index (χ2v) is 3.09. The predicted octanol–water partition coefficient (Wildman–Crippen LogP) is 0.818. The largest absolute Gasteiger partial charge is 0.385 e. The van der Waals surface area contributed by atoms with E-state index in [0.29, 0.717) is 6.04 Å². The van der Waals surface area contributed by atoms with E-state index >= 15 is 0 Å². The first-order valence-corrected chi connectivity index (χ1v) is 3.32. The lowest BCUT2D eigenvalue weighted by Gasteiger charge is -2.35. The summed E-state index contributed by atoms with van der Waals surface area (Å²) >= 11 is 0. The first-order valence-electron chi connectivity index (χ1n) is 3.32. The van der Waals surface area contributed by atoms with Gasteiger partial charge in [0.25, 0.3) is 0 Å². The van der Waals surface area contributed by atoms with Crippen LogP contribution in [0.3, 0.4) is 0 Å². The second kappa shape index (κ2) is 1.94. The second-order valence-electron chi connectivity index (χ2n) is 3.09. The molecular formula is C7H14N2. The van der Waals surface area contributed by atoms with Gasteiger partial charge in [0.15, 0.2) is 0 Å². The number of hydrogen-bond donors (Lipinski definition) is 2. The summed E-state index contributed by atoms with van der Waals surface area (Å²) in [6, 6.07) is 0.502. The molecule has 0 spiro atoms. The molecule has 1 atom stereocenters. The standard InChI is InChI=1S/C7H14N2/c1-6-7(2,3)9-5-4-8-6/h4-6,8-9H,1-3H3. The molecule has 1 unspecified atom stereocenters. The third kappa shape index (κ3) is 1.18. The van der Waals surface area contributed by atoms with Gasteiger partial charge in [0.1, 0.15) is 0 Å². The van der Waals surface area contributed by atoms with Gasteiger partial charge in [-0.15, -0.1) is 0 Å². The summed E-state index contributed by atoms with van der Waals surface area (Å²) in [7, 11) is 0. The Morgan fingerprint density at radius 2 is 2.00 bits per heavy atom. The van der Waals surface area contributed by atoms with Crippen LogP contribution in [0.15, 0.2) is 12.4 Å². The van der Waals surface area contributed by atoms with Gasteiger partial charge in [-0.25, -0.2) is 0 Å². The van der Waals surface area contributed by atoms with E-state index in [4.69, 9.17) is 0 Å². The van der Waals surface area contributed by atoms with Gasteiger partial charge in [-0.05, 0) is 20.8 Å². The van der Waals surface area contributed by atoms with Crippen molar-refractivity contribution in [2.24, 2.45) is 0 Å². The van der Waals surface area contributed by atoms with Gasteiger partial charge in [0.2, 0.25) is 0 Å². The normalized spacial score (nSPS) is 30.8. The van der Waals surface area contributed by atoms with E-state index in [1.165, 1.54) is 0 Å². The van der Waals surface area contributed by atoms with Crippen LogP contribution >= 0.6 is 0 Å². The molecule has 0 amide bonds. The van der Waals surface area contributed by atoms with E-state index in [-0.39, 0.29) is 5.54 Å². The van der Waals surface area contributed by atoms with Gasteiger partial charge < -0.3 is 10.6 Å². The average molecular weight is 126 g/mol. The van der Waals surface area contributed by atoms with Gasteiger partial charge in [-0.2, -0.15) is 0 Å². The van der Waals surface area contributed by atoms with Gasteiger partial charge in [0.05, 0.1) is 5.54 Å². The monoisotopic (exact) mass is 126 g/mol. The van der Waals surface area contributed by atoms with E-state index in [1.807, 2.05) is 12.4 Å². The van der Waals surface area contributed by atoms with Crippen molar-refractivity contribution in [2.45, 2.75) is 32.4 Å². The summed E-state index contributed by atoms with van der Waals surface area (Å²) in [4.78, 5) is 0. The maximum absolute atomic E-state index is 3.27. The highest BCUT2D eigenvalue weighted by Gasteiger charge is 2.24. The summed E-state index contributed by atoms with van der Waals surface area (Å²) in [5, 5.41) is 6.49. The SMILES string of the molecule is CC1NC=CNC1(C)C. The minimum atomic E-state index is 0.189. The Hall–Kier alpha value is -0.660. The lowest BCUT2D eigenvalue weighted by atomic mass is 9.95. The molecule has 2 N–H and O–H groups in total. The molecule has 1 rings (SSSR count). The molecule has 0 bridgehead atoms. The number of rotatable bonds is 0. The first-order chi connectivity index (χ1) is 4.13. The summed E-state index contributed by atoms with van der Waals surface area (Å²) in [6.07, 6.45) is 3.88. The third-order valence-electron chi connectivity index (χ3n) is 1.97. The van der Waals surface area contributed by atoms with Crippen LogP contribution in [0.1, 0.15) is 20.8 Å². The van der Waals surface area contributed by atoms with Crippen molar-refractivity contribution in [3.63, 3.8) is 0 Å². The molecule has 2 nitrogen and oxygen atoms in total. The predicted molar refractivity (Wildman–Crippen MR) is 39.0 cm³/mol. The summed E-state index contributed by atoms with van der Waals surface area (Å²) in [5.41, 5.74) is 0.189. The molecule has 1 aliphatic heterocycles. The maximum atomic E-state index is 3.27. The van der Waals surface area contributed by atoms with Crippen molar-refractivity contribution in [2.75, 3.05) is 0 Å². The fourth-order valence-corrected chi connectivity index (χ4v) is 0.782. The lowest BCUT2D eigenvalue weighted by molar-refractivity contribution is 0.326. The van der Waals surface area contributed by atoms with Crippen LogP contribution in [0.2, 0.25) is 0 Å². The molecular weight excluding hydrogens is 112 g/mol. The molecule has 2 heteroatoms. The van der Waals surface area contributed by atoms with E-state index in [9.17, 15) is 0 Å². The highest BCUT2D eigenvalue weighted by atomic mass is 15.1. The van der Waals surface area contributed by atoms with Crippen LogP contribution in [-0.4, -0.2) is 11.6 Å². The summed E-state index contributed by atoms with van der Waals surface area (Å²) in [5.74, 6) is 0. The topological polar surface area (TPSA) is 24.1 Å². The zero-order chi connectivity index (χ0) is 6.91. The highest BCUT2D eigenvalue weighted by Crippen LogP contribution is 2.10. The first kappa shape index (κ1) is 6.46. The van der Waals surface area contributed by atoms with Crippen LogP contribution < -0.4 is 10.6 Å². The Bertz CT molecular complexity index is 127. The zero-order valence-corrected chi connectivity index (χ0v) is 6.23. The van der Waals surface area contributed by atoms with Crippen molar-refractivity contribution >= 4 is 0 Å². The minimum Gasteiger partial charge on any atom is -0.385 e. The highest BCUT2D eigenvalue weighted by molar-refractivity contribution is 5.00. The smallest absolute Gasteiger partial charge is 0.0510 e. The van der Waals surface area contributed by atoms with Crippen molar-refractivity contribution in [3.05, 3.63) is 12.4 Å². The zero-order valence-electron chi connectivity index (χ0n) is 6.23. The number of hydrogen-bond acceptors (Lipinski definition) is 2. The van der Waals surface area contributed by atoms with Crippen LogP contribution in [0.5, 0.6) is 0 Å². The van der Waals surface area contributed by atoms with Gasteiger partial charge in [-0.3, -0.25) is 0 Å². The van der Waals surface area contributed by atoms with Gasteiger partial charge >= 0.3 is 0 Å². The Morgan fingerprint density at radius 1 is 1.33 bits per heavy atom. The lowest BCUT2D eigenvalue weighted by Crippen LogP contribution is -2.54. The van der Waals surface area contributed by atoms with Crippen molar-refractivity contribution < 1.29 is 0 Å². The molecule has 0 aromatic heterocycles. The molecule has 0 aromatic carbocycles. The Kier molecular flexibility index (Phi) is 1.39. The van der Waals surface area contributed by atoms with E-state index in [1.54, 1.807) is 0 Å². The quantitative estimate of drug-likeness (QED) is 0.502. The molecule has 1 heterocycles. The molecule has 0 saturated carbocycles. The maximum Gasteiger partial charge on any atom is 0.0510 e. The third-order valence-corrected chi connectivity index (χ3v) is 1.97. The Balaban J connectivity index is 2.64. The molecule has 0 saturated heterocycles. The van der Waals surface area contributed by atoms with Crippen LogP contribution in [0, 0.1) is 0 Å². The van der Waals surface area contributed by atoms with Crippen LogP contribution in [-0.2, 0) is 0 Å². The Morgan fingerprint density at radius 3 is 2.33 bits per heavy atom. The molecule has 0 radical (unpaired) electrons. The van der Waals surface area contributed by atoms with Crippen molar-refractivity contribution in [1.82, 2.24) is 10.6 Å². The van der Waals surface area contributed by atoms with Crippen molar-refractivity contribution in [1.29, 1.82) is 0 Å². The number of nitrogens with one attached hydrogen (secondary N) is 2. The molecule has 52 valence electrons. The molecule has 9 heavy (non-hydrogen) atoms. The van der Waals surface area contributed by atoms with E-state index < -0.39 is 0 Å². The van der Waals surface area contributed by atoms with Crippen molar-refractivity contribution in [3.8, 4) is 0 Å². The summed E-state index contributed by atoms with van der Waals surface area (Å²) in [6.45, 7) is 6.51. The van der Waals surface area contributed by atoms with E-state index in [0.717, 1.165) is 0 Å². The Labute approximate surface area is 56.3 Å². The fourth-order valence-electron chi connectivity index (χ4n) is 0.782. The summed E-state index contributed by atoms with van der Waals surface area (Å²) < 4.78 is 0. The fraction of sp³-hybridized carbons (Fsp3) is 0.714. The van der Waals surface area contributed by atoms with Crippen LogP contribution in [0.25, 0.3) is 0 Å². The molecule has 0 aliphatic carbocycles. The van der Waals surface area contributed by atoms with E-state index in [2.05, 4.69) is 31.4 Å². The molecule has 0 aromatic rings. The average Bonchev–Trinajstić information content (AvgIpc) is 1.77. The van der Waals surface area contributed by atoms with Gasteiger partial charge in [-0.1, -0.05) is 0 Å². The molecule has 0 fully saturated rings. The molecule has 1 aliphatic rings. The minimum absolute atomic E-state index is 0.189.